The number of sulfonamides is 1. The normalized spacial score (nSPS) is 11.3. The number of aryl methyl sites for hydroxylation is 2. The van der Waals surface area contributed by atoms with Crippen LogP contribution in [0.15, 0.2) is 28.5 Å². The smallest absolute Gasteiger partial charge is 0.307 e. The Bertz CT molecular complexity index is 848. The number of benzene rings is 1. The van der Waals surface area contributed by atoms with Crippen LogP contribution in [0, 0.1) is 6.92 Å². The van der Waals surface area contributed by atoms with E-state index in [4.69, 9.17) is 23.2 Å². The molecule has 0 spiro atoms. The van der Waals surface area contributed by atoms with Gasteiger partial charge in [-0.3, -0.25) is 0 Å². The van der Waals surface area contributed by atoms with E-state index in [0.29, 0.717) is 10.7 Å². The van der Waals surface area contributed by atoms with Crippen molar-refractivity contribution < 1.29 is 13.2 Å². The summed E-state index contributed by atoms with van der Waals surface area (Å²) in [5.41, 5.74) is 1.23. The van der Waals surface area contributed by atoms with Crippen LogP contribution in [0.2, 0.25) is 10.0 Å². The molecule has 0 aliphatic rings. The number of amides is 2. The first-order chi connectivity index (χ1) is 10.7. The number of anilines is 1. The van der Waals surface area contributed by atoms with Gasteiger partial charge in [0.1, 0.15) is 4.21 Å². The third kappa shape index (κ3) is 4.38. The Morgan fingerprint density at radius 3 is 2.48 bits per heavy atom. The number of halogens is 2. The summed E-state index contributed by atoms with van der Waals surface area (Å²) in [6.45, 7) is 3.78. The van der Waals surface area contributed by atoms with Gasteiger partial charge in [-0.15, -0.1) is 11.3 Å². The van der Waals surface area contributed by atoms with Crippen LogP contribution < -0.4 is 10.0 Å². The molecule has 0 aliphatic heterocycles. The van der Waals surface area contributed by atoms with Crippen LogP contribution in [0.25, 0.3) is 0 Å². The highest BCUT2D eigenvalue weighted by Gasteiger charge is 2.21. The molecule has 1 aromatic carbocycles. The molecule has 124 valence electrons. The van der Waals surface area contributed by atoms with Crippen molar-refractivity contribution in [3.05, 3.63) is 44.8 Å². The first-order valence-corrected chi connectivity index (χ1v) is 9.66. The molecule has 1 heterocycles. The molecule has 1 aromatic heterocycles. The standard InChI is InChI=1S/C14H14Cl2N2O3S2/c1-3-12-8(2)6-13(22-12)23(20,21)18-14(19)17-9-4-5-10(15)11(16)7-9/h4-7H,3H2,1-2H3,(H2,17,18,19). The molecule has 0 saturated carbocycles. The van der Waals surface area contributed by atoms with Gasteiger partial charge in [0.2, 0.25) is 0 Å². The van der Waals surface area contributed by atoms with E-state index in [9.17, 15) is 13.2 Å². The Labute approximate surface area is 148 Å². The van der Waals surface area contributed by atoms with E-state index in [1.54, 1.807) is 6.07 Å². The zero-order valence-electron chi connectivity index (χ0n) is 12.3. The van der Waals surface area contributed by atoms with Crippen molar-refractivity contribution in [1.82, 2.24) is 4.72 Å². The van der Waals surface area contributed by atoms with Crippen molar-refractivity contribution in [2.24, 2.45) is 0 Å². The van der Waals surface area contributed by atoms with Crippen LogP contribution >= 0.6 is 34.5 Å². The molecule has 2 amide bonds. The first-order valence-electron chi connectivity index (χ1n) is 6.61. The zero-order valence-corrected chi connectivity index (χ0v) is 15.5. The number of thiophene rings is 1. The van der Waals surface area contributed by atoms with Gasteiger partial charge < -0.3 is 5.32 Å². The average molecular weight is 393 g/mol. The van der Waals surface area contributed by atoms with Crippen molar-refractivity contribution >= 4 is 56.3 Å². The molecule has 23 heavy (non-hydrogen) atoms. The summed E-state index contributed by atoms with van der Waals surface area (Å²) in [5.74, 6) is 0. The minimum absolute atomic E-state index is 0.108. The summed E-state index contributed by atoms with van der Waals surface area (Å²) in [6.07, 6.45) is 0.738. The van der Waals surface area contributed by atoms with Crippen LogP contribution in [0.4, 0.5) is 10.5 Å². The Hall–Kier alpha value is -1.28. The SMILES string of the molecule is CCc1sc(S(=O)(=O)NC(=O)Nc2ccc(Cl)c(Cl)c2)cc1C. The van der Waals surface area contributed by atoms with Crippen LogP contribution in [-0.4, -0.2) is 14.4 Å². The third-order valence-electron chi connectivity index (χ3n) is 2.99. The van der Waals surface area contributed by atoms with Crippen molar-refractivity contribution in [2.45, 2.75) is 24.5 Å². The molecule has 0 atom stereocenters. The van der Waals surface area contributed by atoms with Crippen LogP contribution in [0.1, 0.15) is 17.4 Å². The molecule has 0 saturated heterocycles. The van der Waals surface area contributed by atoms with Gasteiger partial charge in [0, 0.05) is 10.6 Å². The van der Waals surface area contributed by atoms with E-state index in [-0.39, 0.29) is 9.23 Å². The van der Waals surface area contributed by atoms with Crippen molar-refractivity contribution in [3.8, 4) is 0 Å². The van der Waals surface area contributed by atoms with Gasteiger partial charge in [0.25, 0.3) is 10.0 Å². The molecular formula is C14H14Cl2N2O3S2. The maximum Gasteiger partial charge on any atom is 0.333 e. The lowest BCUT2D eigenvalue weighted by molar-refractivity contribution is 0.256. The van der Waals surface area contributed by atoms with Gasteiger partial charge in [-0.2, -0.15) is 0 Å². The second-order valence-electron chi connectivity index (χ2n) is 4.71. The maximum atomic E-state index is 12.2. The molecule has 0 bridgehead atoms. The quantitative estimate of drug-likeness (QED) is 0.807. The second kappa shape index (κ2) is 7.09. The molecule has 0 aliphatic carbocycles. The molecule has 9 heteroatoms. The predicted octanol–water partition coefficient (Wildman–Crippen LogP) is 4.44. The monoisotopic (exact) mass is 392 g/mol. The van der Waals surface area contributed by atoms with Gasteiger partial charge >= 0.3 is 6.03 Å². The maximum absolute atomic E-state index is 12.2. The lowest BCUT2D eigenvalue weighted by atomic mass is 10.2. The van der Waals surface area contributed by atoms with E-state index in [1.807, 2.05) is 18.6 Å². The van der Waals surface area contributed by atoms with E-state index < -0.39 is 16.1 Å². The fraction of sp³-hybridized carbons (Fsp3) is 0.214. The molecule has 0 radical (unpaired) electrons. The fourth-order valence-corrected chi connectivity index (χ4v) is 4.61. The number of hydrogen-bond acceptors (Lipinski definition) is 4. The zero-order chi connectivity index (χ0) is 17.2. The van der Waals surface area contributed by atoms with Crippen LogP contribution in [0.3, 0.4) is 0 Å². The Kier molecular flexibility index (Phi) is 5.57. The molecule has 2 aromatic rings. The van der Waals surface area contributed by atoms with E-state index in [1.165, 1.54) is 18.2 Å². The molecule has 2 N–H and O–H groups in total. The van der Waals surface area contributed by atoms with Gasteiger partial charge in [0.15, 0.2) is 0 Å². The lowest BCUT2D eigenvalue weighted by Gasteiger charge is -2.08. The number of urea groups is 1. The van der Waals surface area contributed by atoms with Gasteiger partial charge in [-0.25, -0.2) is 17.9 Å². The largest absolute Gasteiger partial charge is 0.333 e. The lowest BCUT2D eigenvalue weighted by Crippen LogP contribution is -2.33. The highest BCUT2D eigenvalue weighted by Crippen LogP contribution is 2.27. The third-order valence-corrected chi connectivity index (χ3v) is 6.91. The second-order valence-corrected chi connectivity index (χ2v) is 8.57. The highest BCUT2D eigenvalue weighted by molar-refractivity contribution is 7.92. The van der Waals surface area contributed by atoms with E-state index in [2.05, 4.69) is 5.32 Å². The van der Waals surface area contributed by atoms with Crippen LogP contribution in [-0.2, 0) is 16.4 Å². The number of hydrogen-bond donors (Lipinski definition) is 2. The molecule has 5 nitrogen and oxygen atoms in total. The molecule has 0 fully saturated rings. The number of carbonyl (C=O) groups is 1. The Morgan fingerprint density at radius 1 is 1.22 bits per heavy atom. The summed E-state index contributed by atoms with van der Waals surface area (Å²) in [5, 5.41) is 3.00. The average Bonchev–Trinajstić information content (AvgIpc) is 2.84. The Morgan fingerprint density at radius 2 is 1.91 bits per heavy atom. The topological polar surface area (TPSA) is 75.3 Å². The first kappa shape index (κ1) is 18.1. The van der Waals surface area contributed by atoms with Gasteiger partial charge in [-0.05, 0) is 43.2 Å². The van der Waals surface area contributed by atoms with Crippen molar-refractivity contribution in [2.75, 3.05) is 5.32 Å². The highest BCUT2D eigenvalue weighted by atomic mass is 35.5. The fourth-order valence-electron chi connectivity index (χ4n) is 1.87. The number of rotatable bonds is 4. The number of carbonyl (C=O) groups excluding carboxylic acids is 1. The summed E-state index contributed by atoms with van der Waals surface area (Å²) in [7, 11) is -3.91. The van der Waals surface area contributed by atoms with Gasteiger partial charge in [0.05, 0.1) is 10.0 Å². The van der Waals surface area contributed by atoms with E-state index >= 15 is 0 Å². The van der Waals surface area contributed by atoms with E-state index in [0.717, 1.165) is 28.2 Å². The summed E-state index contributed by atoms with van der Waals surface area (Å²) >= 11 is 12.8. The predicted molar refractivity (Wildman–Crippen MR) is 94.2 cm³/mol. The van der Waals surface area contributed by atoms with Crippen molar-refractivity contribution in [3.63, 3.8) is 0 Å². The Balaban J connectivity index is 2.13. The minimum Gasteiger partial charge on any atom is -0.307 e. The summed E-state index contributed by atoms with van der Waals surface area (Å²) < 4.78 is 26.5. The number of nitrogens with one attached hydrogen (secondary N) is 2. The van der Waals surface area contributed by atoms with Gasteiger partial charge in [-0.1, -0.05) is 30.1 Å². The molecule has 2 rings (SSSR count). The van der Waals surface area contributed by atoms with Crippen molar-refractivity contribution in [1.29, 1.82) is 0 Å². The minimum atomic E-state index is -3.91. The van der Waals surface area contributed by atoms with Crippen LogP contribution in [0.5, 0.6) is 0 Å². The molecule has 0 unspecified atom stereocenters. The summed E-state index contributed by atoms with van der Waals surface area (Å²) in [4.78, 5) is 12.9. The molecular weight excluding hydrogens is 379 g/mol. The summed E-state index contributed by atoms with van der Waals surface area (Å²) in [6, 6.07) is 5.14.